The smallest absolute Gasteiger partial charge is 0.0940 e. The second-order valence-electron chi connectivity index (χ2n) is 5.26. The molecule has 0 aromatic heterocycles. The molecule has 0 unspecified atom stereocenters. The Hall–Kier alpha value is -0.900. The summed E-state index contributed by atoms with van der Waals surface area (Å²) in [7, 11) is 0. The highest BCUT2D eigenvalue weighted by Crippen LogP contribution is 2.43. The van der Waals surface area contributed by atoms with Crippen molar-refractivity contribution in [2.75, 3.05) is 19.7 Å². The van der Waals surface area contributed by atoms with Gasteiger partial charge in [0.25, 0.3) is 0 Å². The van der Waals surface area contributed by atoms with Crippen LogP contribution in [0.3, 0.4) is 0 Å². The molecular weight excluding hydrogens is 214 g/mol. The molecule has 2 aliphatic rings. The molecule has 17 heavy (non-hydrogen) atoms. The van der Waals surface area contributed by atoms with Gasteiger partial charge in [-0.2, -0.15) is 0 Å². The van der Waals surface area contributed by atoms with Crippen LogP contribution in [0.25, 0.3) is 0 Å². The largest absolute Gasteiger partial charge is 0.394 e. The molecule has 1 aromatic carbocycles. The van der Waals surface area contributed by atoms with Crippen LogP contribution in [0.1, 0.15) is 18.4 Å². The predicted octanol–water partition coefficient (Wildman–Crippen LogP) is 1.41. The highest BCUT2D eigenvalue weighted by atomic mass is 16.5. The summed E-state index contributed by atoms with van der Waals surface area (Å²) in [5.41, 5.74) is 1.40. The van der Waals surface area contributed by atoms with E-state index in [2.05, 4.69) is 29.2 Å². The number of hydrogen-bond acceptors (Lipinski definition) is 3. The Morgan fingerprint density at radius 1 is 1.29 bits per heavy atom. The lowest BCUT2D eigenvalue weighted by molar-refractivity contribution is -0.119. The first-order chi connectivity index (χ1) is 8.30. The Morgan fingerprint density at radius 2 is 2.06 bits per heavy atom. The van der Waals surface area contributed by atoms with Gasteiger partial charge in [0.2, 0.25) is 0 Å². The van der Waals surface area contributed by atoms with Crippen molar-refractivity contribution in [2.45, 2.75) is 31.1 Å². The van der Waals surface area contributed by atoms with Gasteiger partial charge in [-0.05, 0) is 18.4 Å². The first kappa shape index (κ1) is 11.2. The van der Waals surface area contributed by atoms with Gasteiger partial charge < -0.3 is 9.84 Å². The van der Waals surface area contributed by atoms with E-state index in [0.29, 0.717) is 0 Å². The van der Waals surface area contributed by atoms with Gasteiger partial charge >= 0.3 is 0 Å². The Labute approximate surface area is 102 Å². The van der Waals surface area contributed by atoms with Crippen molar-refractivity contribution < 1.29 is 9.84 Å². The summed E-state index contributed by atoms with van der Waals surface area (Å²) < 4.78 is 5.91. The minimum atomic E-state index is -0.00466. The second kappa shape index (κ2) is 4.41. The van der Waals surface area contributed by atoms with E-state index in [1.807, 2.05) is 6.07 Å². The number of morpholine rings is 1. The molecule has 1 saturated carbocycles. The molecule has 3 nitrogen and oxygen atoms in total. The Bertz CT molecular complexity index is 375. The van der Waals surface area contributed by atoms with Crippen LogP contribution >= 0.6 is 0 Å². The zero-order valence-electron chi connectivity index (χ0n) is 10.0. The molecule has 1 heterocycles. The minimum absolute atomic E-state index is 0.00466. The molecule has 1 aliphatic carbocycles. The van der Waals surface area contributed by atoms with Crippen molar-refractivity contribution in [3.63, 3.8) is 0 Å². The molecule has 1 spiro atoms. The maximum absolute atomic E-state index is 9.28. The zero-order chi connectivity index (χ0) is 11.7. The molecule has 1 aliphatic heterocycles. The average molecular weight is 233 g/mol. The quantitative estimate of drug-likeness (QED) is 0.857. The Balaban J connectivity index is 1.66. The molecule has 3 rings (SSSR count). The normalized spacial score (nSPS) is 27.2. The third-order valence-corrected chi connectivity index (χ3v) is 3.65. The average Bonchev–Trinajstić information content (AvgIpc) is 3.09. The molecule has 1 saturated heterocycles. The Kier molecular flexibility index (Phi) is 2.90. The number of aliphatic hydroxyl groups is 1. The van der Waals surface area contributed by atoms with Crippen LogP contribution in [0, 0.1) is 0 Å². The lowest BCUT2D eigenvalue weighted by atomic mass is 10.1. The molecule has 3 heteroatoms. The molecule has 92 valence electrons. The molecule has 0 amide bonds. The van der Waals surface area contributed by atoms with Gasteiger partial charge in [-0.3, -0.25) is 4.90 Å². The predicted molar refractivity (Wildman–Crippen MR) is 65.6 cm³/mol. The summed E-state index contributed by atoms with van der Waals surface area (Å²) in [6.45, 7) is 2.95. The van der Waals surface area contributed by atoms with Gasteiger partial charge in [0.05, 0.1) is 18.3 Å². The number of aliphatic hydroxyl groups excluding tert-OH is 1. The summed E-state index contributed by atoms with van der Waals surface area (Å²) in [6, 6.07) is 10.5. The van der Waals surface area contributed by atoms with Crippen molar-refractivity contribution >= 4 is 0 Å². The van der Waals surface area contributed by atoms with Crippen LogP contribution in [0.15, 0.2) is 30.3 Å². The van der Waals surface area contributed by atoms with E-state index >= 15 is 0 Å². The summed E-state index contributed by atoms with van der Waals surface area (Å²) in [5.74, 6) is 0. The van der Waals surface area contributed by atoms with Gasteiger partial charge in [-0.1, -0.05) is 30.3 Å². The third-order valence-electron chi connectivity index (χ3n) is 3.65. The van der Waals surface area contributed by atoms with Crippen LogP contribution in [0.4, 0.5) is 0 Å². The summed E-state index contributed by atoms with van der Waals surface area (Å²) >= 11 is 0. The number of benzene rings is 1. The summed E-state index contributed by atoms with van der Waals surface area (Å²) in [4.78, 5) is 2.41. The highest BCUT2D eigenvalue weighted by Gasteiger charge is 2.49. The summed E-state index contributed by atoms with van der Waals surface area (Å²) in [5, 5.41) is 9.28. The van der Waals surface area contributed by atoms with E-state index in [-0.39, 0.29) is 18.3 Å². The van der Waals surface area contributed by atoms with E-state index in [4.69, 9.17) is 4.74 Å². The van der Waals surface area contributed by atoms with Crippen molar-refractivity contribution in [3.8, 4) is 0 Å². The van der Waals surface area contributed by atoms with Gasteiger partial charge in [0, 0.05) is 19.6 Å². The maximum Gasteiger partial charge on any atom is 0.0940 e. The van der Waals surface area contributed by atoms with Crippen molar-refractivity contribution in [1.29, 1.82) is 0 Å². The highest BCUT2D eigenvalue weighted by molar-refractivity contribution is 5.15. The van der Waals surface area contributed by atoms with E-state index in [1.54, 1.807) is 0 Å². The number of ether oxygens (including phenoxy) is 1. The minimum Gasteiger partial charge on any atom is -0.394 e. The fraction of sp³-hybridized carbons (Fsp3) is 0.571. The van der Waals surface area contributed by atoms with Gasteiger partial charge in [0.15, 0.2) is 0 Å². The number of nitrogens with zero attached hydrogens (tertiary/aromatic N) is 1. The van der Waals surface area contributed by atoms with Crippen LogP contribution in [-0.4, -0.2) is 41.4 Å². The van der Waals surface area contributed by atoms with Crippen LogP contribution in [-0.2, 0) is 11.3 Å². The summed E-state index contributed by atoms with van der Waals surface area (Å²) in [6.07, 6.45) is 2.29. The molecule has 1 N–H and O–H groups in total. The van der Waals surface area contributed by atoms with Crippen molar-refractivity contribution in [1.82, 2.24) is 4.90 Å². The molecule has 0 bridgehead atoms. The fourth-order valence-electron chi connectivity index (χ4n) is 2.66. The number of hydrogen-bond donors (Lipinski definition) is 1. The topological polar surface area (TPSA) is 32.7 Å². The molecule has 1 aromatic rings. The van der Waals surface area contributed by atoms with Crippen LogP contribution in [0.2, 0.25) is 0 Å². The number of rotatable bonds is 3. The first-order valence-electron chi connectivity index (χ1n) is 6.35. The second-order valence-corrected chi connectivity index (χ2v) is 5.26. The molecule has 1 atom stereocenters. The lowest BCUT2D eigenvalue weighted by Crippen LogP contribution is -2.49. The van der Waals surface area contributed by atoms with E-state index in [1.165, 1.54) is 5.56 Å². The zero-order valence-corrected chi connectivity index (χ0v) is 10.0. The van der Waals surface area contributed by atoms with Gasteiger partial charge in [-0.15, -0.1) is 0 Å². The Morgan fingerprint density at radius 3 is 2.71 bits per heavy atom. The standard InChI is InChI=1S/C14H19NO2/c16-10-13-9-15(11-14(17-13)6-7-14)8-12-4-2-1-3-5-12/h1-5,13,16H,6-11H2/t13-/m0/s1. The van der Waals surface area contributed by atoms with E-state index in [0.717, 1.165) is 32.5 Å². The maximum atomic E-state index is 9.28. The lowest BCUT2D eigenvalue weighted by Gasteiger charge is -2.38. The van der Waals surface area contributed by atoms with Crippen LogP contribution < -0.4 is 0 Å². The molecule has 0 radical (unpaired) electrons. The molecule has 2 fully saturated rings. The monoisotopic (exact) mass is 233 g/mol. The van der Waals surface area contributed by atoms with E-state index < -0.39 is 0 Å². The SMILES string of the molecule is OC[C@@H]1CN(Cc2ccccc2)CC2(CC2)O1. The third kappa shape index (κ3) is 2.51. The fourth-order valence-corrected chi connectivity index (χ4v) is 2.66. The van der Waals surface area contributed by atoms with Crippen LogP contribution in [0.5, 0.6) is 0 Å². The molecular formula is C14H19NO2. The first-order valence-corrected chi connectivity index (χ1v) is 6.35. The van der Waals surface area contributed by atoms with Gasteiger partial charge in [-0.25, -0.2) is 0 Å². The van der Waals surface area contributed by atoms with Gasteiger partial charge in [0.1, 0.15) is 0 Å². The van der Waals surface area contributed by atoms with Crippen molar-refractivity contribution in [3.05, 3.63) is 35.9 Å². The van der Waals surface area contributed by atoms with Crippen molar-refractivity contribution in [2.24, 2.45) is 0 Å². The van der Waals surface area contributed by atoms with E-state index in [9.17, 15) is 5.11 Å².